The van der Waals surface area contributed by atoms with Gasteiger partial charge in [0.05, 0.1) is 10.9 Å². The van der Waals surface area contributed by atoms with Crippen LogP contribution in [0.5, 0.6) is 5.75 Å². The van der Waals surface area contributed by atoms with E-state index in [-0.39, 0.29) is 11.4 Å². The van der Waals surface area contributed by atoms with E-state index < -0.39 is 6.09 Å². The van der Waals surface area contributed by atoms with Gasteiger partial charge in [0.25, 0.3) is 0 Å². The number of hydrogen-bond donors (Lipinski definition) is 2. The Balaban J connectivity index is 1.89. The SMILES string of the molecule is CC1Oc2c(NC(=O)O)cccc2C1Sc1ccc(Cl)cc1. The van der Waals surface area contributed by atoms with Gasteiger partial charge in [0.15, 0.2) is 0 Å². The number of anilines is 1. The average molecular weight is 336 g/mol. The van der Waals surface area contributed by atoms with Gasteiger partial charge in [-0.2, -0.15) is 0 Å². The summed E-state index contributed by atoms with van der Waals surface area (Å²) in [5.41, 5.74) is 1.48. The molecule has 1 aliphatic rings. The van der Waals surface area contributed by atoms with E-state index >= 15 is 0 Å². The minimum absolute atomic E-state index is 0.0487. The highest BCUT2D eigenvalue weighted by atomic mass is 35.5. The molecule has 22 heavy (non-hydrogen) atoms. The molecule has 4 nitrogen and oxygen atoms in total. The first-order valence-corrected chi connectivity index (χ1v) is 8.02. The number of benzene rings is 2. The van der Waals surface area contributed by atoms with Crippen molar-refractivity contribution in [1.82, 2.24) is 0 Å². The largest absolute Gasteiger partial charge is 0.487 e. The number of ether oxygens (including phenoxy) is 1. The first kappa shape index (κ1) is 15.1. The average Bonchev–Trinajstić information content (AvgIpc) is 2.79. The number of rotatable bonds is 3. The van der Waals surface area contributed by atoms with Gasteiger partial charge in [0, 0.05) is 15.5 Å². The number of amides is 1. The van der Waals surface area contributed by atoms with Gasteiger partial charge >= 0.3 is 6.09 Å². The predicted molar refractivity (Wildman–Crippen MR) is 88.2 cm³/mol. The zero-order valence-electron chi connectivity index (χ0n) is 11.7. The van der Waals surface area contributed by atoms with Crippen molar-refractivity contribution in [3.8, 4) is 5.75 Å². The van der Waals surface area contributed by atoms with Crippen molar-refractivity contribution in [2.45, 2.75) is 23.2 Å². The normalized spacial score (nSPS) is 19.4. The summed E-state index contributed by atoms with van der Waals surface area (Å²) in [6.07, 6.45) is -1.15. The minimum Gasteiger partial charge on any atom is -0.487 e. The lowest BCUT2D eigenvalue weighted by molar-refractivity contribution is 0.209. The first-order valence-electron chi connectivity index (χ1n) is 6.76. The second-order valence-corrected chi connectivity index (χ2v) is 6.62. The molecular formula is C16H14ClNO3S. The van der Waals surface area contributed by atoms with E-state index in [0.717, 1.165) is 10.5 Å². The Morgan fingerprint density at radius 1 is 1.27 bits per heavy atom. The fraction of sp³-hybridized carbons (Fsp3) is 0.188. The van der Waals surface area contributed by atoms with Crippen LogP contribution >= 0.6 is 23.4 Å². The van der Waals surface area contributed by atoms with Crippen LogP contribution in [-0.2, 0) is 0 Å². The molecule has 1 aliphatic heterocycles. The van der Waals surface area contributed by atoms with Crippen molar-refractivity contribution in [2.24, 2.45) is 0 Å². The fourth-order valence-corrected chi connectivity index (χ4v) is 3.72. The van der Waals surface area contributed by atoms with E-state index in [9.17, 15) is 4.79 Å². The molecular weight excluding hydrogens is 322 g/mol. The van der Waals surface area contributed by atoms with Gasteiger partial charge in [-0.3, -0.25) is 5.32 Å². The number of carboxylic acid groups (broad SMARTS) is 1. The summed E-state index contributed by atoms with van der Waals surface area (Å²) in [5, 5.41) is 12.1. The molecule has 0 saturated carbocycles. The van der Waals surface area contributed by atoms with Gasteiger partial charge in [-0.1, -0.05) is 23.7 Å². The second kappa shape index (κ2) is 6.10. The Morgan fingerprint density at radius 2 is 2.00 bits per heavy atom. The van der Waals surface area contributed by atoms with E-state index in [1.807, 2.05) is 43.3 Å². The molecule has 3 rings (SSSR count). The van der Waals surface area contributed by atoms with Crippen LogP contribution in [0.25, 0.3) is 0 Å². The fourth-order valence-electron chi connectivity index (χ4n) is 2.44. The Kier molecular flexibility index (Phi) is 4.18. The molecule has 2 atom stereocenters. The maximum Gasteiger partial charge on any atom is 0.409 e. The van der Waals surface area contributed by atoms with Crippen molar-refractivity contribution < 1.29 is 14.6 Å². The number of fused-ring (bicyclic) bond motifs is 1. The third kappa shape index (κ3) is 3.00. The third-order valence-corrected chi connectivity index (χ3v) is 5.09. The standard InChI is InChI=1S/C16H14ClNO3S/c1-9-15(22-11-7-5-10(17)6-8-11)12-3-2-4-13(14(12)21-9)18-16(19)20/h2-9,15,18H,1H3,(H,19,20). The number of hydrogen-bond acceptors (Lipinski definition) is 3. The molecule has 0 radical (unpaired) electrons. The molecule has 0 saturated heterocycles. The Hall–Kier alpha value is -1.85. The van der Waals surface area contributed by atoms with E-state index in [1.165, 1.54) is 0 Å². The molecule has 2 aromatic rings. The van der Waals surface area contributed by atoms with Gasteiger partial charge < -0.3 is 9.84 Å². The number of nitrogens with one attached hydrogen (secondary N) is 1. The zero-order valence-corrected chi connectivity index (χ0v) is 13.3. The molecule has 0 spiro atoms. The molecule has 1 amide bonds. The summed E-state index contributed by atoms with van der Waals surface area (Å²) in [4.78, 5) is 12.0. The number of para-hydroxylation sites is 1. The monoisotopic (exact) mass is 335 g/mol. The molecule has 0 aliphatic carbocycles. The molecule has 0 bridgehead atoms. The van der Waals surface area contributed by atoms with Crippen LogP contribution in [0.3, 0.4) is 0 Å². The molecule has 2 N–H and O–H groups in total. The van der Waals surface area contributed by atoms with Gasteiger partial charge in [-0.25, -0.2) is 4.79 Å². The van der Waals surface area contributed by atoms with Crippen LogP contribution in [0, 0.1) is 0 Å². The van der Waals surface area contributed by atoms with Gasteiger partial charge in [0.2, 0.25) is 0 Å². The van der Waals surface area contributed by atoms with Gasteiger partial charge in [0.1, 0.15) is 11.9 Å². The predicted octanol–water partition coefficient (Wildman–Crippen LogP) is 5.04. The summed E-state index contributed by atoms with van der Waals surface area (Å²) in [5.74, 6) is 0.615. The van der Waals surface area contributed by atoms with Crippen molar-refractivity contribution in [1.29, 1.82) is 0 Å². The number of carbonyl (C=O) groups is 1. The quantitative estimate of drug-likeness (QED) is 0.824. The summed E-state index contributed by atoms with van der Waals surface area (Å²) in [7, 11) is 0. The van der Waals surface area contributed by atoms with E-state index in [4.69, 9.17) is 21.4 Å². The Morgan fingerprint density at radius 3 is 2.68 bits per heavy atom. The zero-order chi connectivity index (χ0) is 15.7. The third-order valence-electron chi connectivity index (χ3n) is 3.40. The Bertz CT molecular complexity index is 705. The Labute approximate surface area is 137 Å². The molecule has 114 valence electrons. The molecule has 2 aromatic carbocycles. The highest BCUT2D eigenvalue weighted by Crippen LogP contribution is 2.50. The summed E-state index contributed by atoms with van der Waals surface area (Å²) >= 11 is 7.59. The summed E-state index contributed by atoms with van der Waals surface area (Å²) in [6, 6.07) is 13.2. The maximum absolute atomic E-state index is 10.9. The van der Waals surface area contributed by atoms with Crippen molar-refractivity contribution >= 4 is 35.1 Å². The lowest BCUT2D eigenvalue weighted by atomic mass is 10.1. The van der Waals surface area contributed by atoms with Crippen LogP contribution in [0.4, 0.5) is 10.5 Å². The van der Waals surface area contributed by atoms with Crippen molar-refractivity contribution in [3.05, 3.63) is 53.1 Å². The topological polar surface area (TPSA) is 58.6 Å². The van der Waals surface area contributed by atoms with Crippen LogP contribution in [0.15, 0.2) is 47.4 Å². The van der Waals surface area contributed by atoms with E-state index in [0.29, 0.717) is 16.5 Å². The van der Waals surface area contributed by atoms with Crippen LogP contribution in [-0.4, -0.2) is 17.3 Å². The van der Waals surface area contributed by atoms with Crippen LogP contribution in [0.2, 0.25) is 5.02 Å². The lowest BCUT2D eigenvalue weighted by Crippen LogP contribution is -2.12. The van der Waals surface area contributed by atoms with Gasteiger partial charge in [-0.05, 0) is 37.3 Å². The molecule has 6 heteroatoms. The number of halogens is 1. The molecule has 0 aromatic heterocycles. The van der Waals surface area contributed by atoms with Crippen molar-refractivity contribution in [2.75, 3.05) is 5.32 Å². The molecule has 0 fully saturated rings. The van der Waals surface area contributed by atoms with Crippen LogP contribution in [0.1, 0.15) is 17.7 Å². The second-order valence-electron chi connectivity index (χ2n) is 4.97. The maximum atomic E-state index is 10.9. The molecule has 1 heterocycles. The van der Waals surface area contributed by atoms with E-state index in [1.54, 1.807) is 17.8 Å². The van der Waals surface area contributed by atoms with Gasteiger partial charge in [-0.15, -0.1) is 11.8 Å². The minimum atomic E-state index is -1.10. The lowest BCUT2D eigenvalue weighted by Gasteiger charge is -2.14. The summed E-state index contributed by atoms with van der Waals surface area (Å²) in [6.45, 7) is 1.98. The summed E-state index contributed by atoms with van der Waals surface area (Å²) < 4.78 is 5.87. The number of thioether (sulfide) groups is 1. The van der Waals surface area contributed by atoms with Crippen LogP contribution < -0.4 is 10.1 Å². The first-order chi connectivity index (χ1) is 10.5. The molecule has 2 unspecified atom stereocenters. The van der Waals surface area contributed by atoms with Crippen molar-refractivity contribution in [3.63, 3.8) is 0 Å². The highest BCUT2D eigenvalue weighted by Gasteiger charge is 2.34. The highest BCUT2D eigenvalue weighted by molar-refractivity contribution is 7.99. The smallest absolute Gasteiger partial charge is 0.409 e. The van der Waals surface area contributed by atoms with E-state index in [2.05, 4.69) is 5.32 Å².